The maximum atomic E-state index is 9.17. The number of benzene rings is 2. The fourth-order valence-corrected chi connectivity index (χ4v) is 4.13. The molecule has 1 aliphatic rings. The van der Waals surface area contributed by atoms with Crippen molar-refractivity contribution in [2.75, 3.05) is 32.8 Å². The first kappa shape index (κ1) is 19.0. The highest BCUT2D eigenvalue weighted by Gasteiger charge is 2.13. The number of hydrogen-bond donors (Lipinski definition) is 2. The number of rotatable bonds is 8. The number of aromatic nitrogens is 1. The predicted octanol–water partition coefficient (Wildman–Crippen LogP) is 4.62. The van der Waals surface area contributed by atoms with E-state index in [1.165, 1.54) is 43.3 Å². The van der Waals surface area contributed by atoms with Gasteiger partial charge in [0.25, 0.3) is 0 Å². The number of H-pyrrole nitrogens is 1. The fraction of sp³-hybridized carbons (Fsp3) is 0.417. The molecule has 2 aromatic carbocycles. The second-order valence-corrected chi connectivity index (χ2v) is 7.64. The van der Waals surface area contributed by atoms with Crippen molar-refractivity contribution >= 4 is 10.9 Å². The van der Waals surface area contributed by atoms with E-state index >= 15 is 0 Å². The van der Waals surface area contributed by atoms with Crippen LogP contribution in [0.25, 0.3) is 22.2 Å². The van der Waals surface area contributed by atoms with Crippen molar-refractivity contribution in [1.82, 2.24) is 9.88 Å². The number of likely N-dealkylation sites (tertiary alicyclic amines) is 1. The molecule has 0 radical (unpaired) electrons. The van der Waals surface area contributed by atoms with Gasteiger partial charge in [-0.25, -0.2) is 0 Å². The summed E-state index contributed by atoms with van der Waals surface area (Å²) in [4.78, 5) is 6.06. The topological polar surface area (TPSA) is 48.5 Å². The second-order valence-electron chi connectivity index (χ2n) is 7.64. The van der Waals surface area contributed by atoms with E-state index in [4.69, 9.17) is 9.84 Å². The number of aliphatic hydroxyl groups is 1. The van der Waals surface area contributed by atoms with Crippen LogP contribution in [0.2, 0.25) is 0 Å². The summed E-state index contributed by atoms with van der Waals surface area (Å²) in [6, 6.07) is 16.8. The van der Waals surface area contributed by atoms with Gasteiger partial charge in [0, 0.05) is 29.6 Å². The van der Waals surface area contributed by atoms with E-state index in [1.807, 2.05) is 6.07 Å². The van der Waals surface area contributed by atoms with Crippen LogP contribution in [0.3, 0.4) is 0 Å². The highest BCUT2D eigenvalue weighted by molar-refractivity contribution is 5.89. The lowest BCUT2D eigenvalue weighted by Crippen LogP contribution is -2.33. The van der Waals surface area contributed by atoms with Gasteiger partial charge in [-0.3, -0.25) is 4.90 Å². The Morgan fingerprint density at radius 2 is 1.86 bits per heavy atom. The van der Waals surface area contributed by atoms with Crippen LogP contribution in [0.15, 0.2) is 48.5 Å². The molecule has 148 valence electrons. The zero-order chi connectivity index (χ0) is 19.2. The molecular weight excluding hydrogens is 348 g/mol. The van der Waals surface area contributed by atoms with E-state index < -0.39 is 0 Å². The third-order valence-corrected chi connectivity index (χ3v) is 5.65. The minimum atomic E-state index is 0.224. The van der Waals surface area contributed by atoms with Gasteiger partial charge in [-0.15, -0.1) is 0 Å². The van der Waals surface area contributed by atoms with Gasteiger partial charge in [-0.05, 0) is 68.6 Å². The SMILES string of the molecule is OCCCc1cccc2[nH]c(-c3ccccc3OCCN3CCCCC3)cc12. The van der Waals surface area contributed by atoms with E-state index in [-0.39, 0.29) is 6.61 Å². The molecule has 1 fully saturated rings. The number of hydrogen-bond acceptors (Lipinski definition) is 3. The number of aliphatic hydroxyl groups excluding tert-OH is 1. The van der Waals surface area contributed by atoms with Gasteiger partial charge in [0.15, 0.2) is 0 Å². The Bertz CT molecular complexity index is 897. The molecule has 1 saturated heterocycles. The van der Waals surface area contributed by atoms with Crippen LogP contribution in [0, 0.1) is 0 Å². The van der Waals surface area contributed by atoms with Crippen molar-refractivity contribution < 1.29 is 9.84 Å². The Hall–Kier alpha value is -2.30. The molecule has 0 aliphatic carbocycles. The second kappa shape index (κ2) is 9.26. The van der Waals surface area contributed by atoms with Crippen molar-refractivity contribution in [3.05, 3.63) is 54.1 Å². The smallest absolute Gasteiger partial charge is 0.128 e. The summed E-state index contributed by atoms with van der Waals surface area (Å²) in [5.41, 5.74) is 4.59. The molecule has 0 unspecified atom stereocenters. The lowest BCUT2D eigenvalue weighted by Gasteiger charge is -2.26. The van der Waals surface area contributed by atoms with Gasteiger partial charge in [0.2, 0.25) is 0 Å². The molecule has 2 N–H and O–H groups in total. The highest BCUT2D eigenvalue weighted by Crippen LogP contribution is 2.33. The third-order valence-electron chi connectivity index (χ3n) is 5.65. The van der Waals surface area contributed by atoms with Gasteiger partial charge in [0.05, 0.1) is 5.69 Å². The largest absolute Gasteiger partial charge is 0.492 e. The number of ether oxygens (including phenoxy) is 1. The van der Waals surface area contributed by atoms with E-state index in [0.717, 1.165) is 48.5 Å². The first-order valence-corrected chi connectivity index (χ1v) is 10.5. The molecule has 4 heteroatoms. The van der Waals surface area contributed by atoms with Crippen LogP contribution in [-0.2, 0) is 6.42 Å². The molecule has 0 saturated carbocycles. The predicted molar refractivity (Wildman–Crippen MR) is 115 cm³/mol. The van der Waals surface area contributed by atoms with Gasteiger partial charge >= 0.3 is 0 Å². The summed E-state index contributed by atoms with van der Waals surface area (Å²) in [6.07, 6.45) is 5.66. The lowest BCUT2D eigenvalue weighted by atomic mass is 10.0. The van der Waals surface area contributed by atoms with Crippen LogP contribution < -0.4 is 4.74 Å². The standard InChI is InChI=1S/C24H30N2O2/c27-16-7-9-19-8-6-11-22-21(19)18-23(25-22)20-10-2-3-12-24(20)28-17-15-26-13-4-1-5-14-26/h2-3,6,8,10-12,18,25,27H,1,4-5,7,9,13-17H2. The van der Waals surface area contributed by atoms with Gasteiger partial charge < -0.3 is 14.8 Å². The molecule has 4 nitrogen and oxygen atoms in total. The lowest BCUT2D eigenvalue weighted by molar-refractivity contribution is 0.183. The number of aryl methyl sites for hydroxylation is 1. The third kappa shape index (κ3) is 4.40. The first-order chi connectivity index (χ1) is 13.8. The molecule has 0 spiro atoms. The van der Waals surface area contributed by atoms with Crippen LogP contribution in [0.5, 0.6) is 5.75 Å². The first-order valence-electron chi connectivity index (χ1n) is 10.5. The maximum absolute atomic E-state index is 9.17. The summed E-state index contributed by atoms with van der Waals surface area (Å²) >= 11 is 0. The Morgan fingerprint density at radius 1 is 1.00 bits per heavy atom. The number of para-hydroxylation sites is 1. The van der Waals surface area contributed by atoms with Crippen LogP contribution in [-0.4, -0.2) is 47.8 Å². The van der Waals surface area contributed by atoms with Crippen molar-refractivity contribution in [3.63, 3.8) is 0 Å². The number of nitrogens with one attached hydrogen (secondary N) is 1. The Kier molecular flexibility index (Phi) is 6.30. The number of piperidine rings is 1. The molecule has 28 heavy (non-hydrogen) atoms. The van der Waals surface area contributed by atoms with Crippen molar-refractivity contribution in [2.24, 2.45) is 0 Å². The van der Waals surface area contributed by atoms with Gasteiger partial charge in [0.1, 0.15) is 12.4 Å². The average molecular weight is 379 g/mol. The summed E-state index contributed by atoms with van der Waals surface area (Å²) in [5, 5.41) is 10.4. The van der Waals surface area contributed by atoms with E-state index in [0.29, 0.717) is 0 Å². The van der Waals surface area contributed by atoms with Crippen LogP contribution in [0.4, 0.5) is 0 Å². The van der Waals surface area contributed by atoms with Crippen LogP contribution >= 0.6 is 0 Å². The maximum Gasteiger partial charge on any atom is 0.128 e. The van der Waals surface area contributed by atoms with Gasteiger partial charge in [-0.1, -0.05) is 30.7 Å². The van der Waals surface area contributed by atoms with Crippen LogP contribution in [0.1, 0.15) is 31.2 Å². The minimum absolute atomic E-state index is 0.224. The van der Waals surface area contributed by atoms with Crippen molar-refractivity contribution in [1.29, 1.82) is 0 Å². The summed E-state index contributed by atoms with van der Waals surface area (Å²) in [5.74, 6) is 0.933. The summed E-state index contributed by atoms with van der Waals surface area (Å²) in [6.45, 7) is 4.33. The van der Waals surface area contributed by atoms with Crippen molar-refractivity contribution in [2.45, 2.75) is 32.1 Å². The zero-order valence-corrected chi connectivity index (χ0v) is 16.5. The fourth-order valence-electron chi connectivity index (χ4n) is 4.13. The number of aromatic amines is 1. The minimum Gasteiger partial charge on any atom is -0.492 e. The number of nitrogens with zero attached hydrogens (tertiary/aromatic N) is 1. The summed E-state index contributed by atoms with van der Waals surface area (Å²) in [7, 11) is 0. The quantitative estimate of drug-likeness (QED) is 0.601. The van der Waals surface area contributed by atoms with E-state index in [2.05, 4.69) is 52.3 Å². The molecule has 2 heterocycles. The highest BCUT2D eigenvalue weighted by atomic mass is 16.5. The van der Waals surface area contributed by atoms with Gasteiger partial charge in [-0.2, -0.15) is 0 Å². The number of fused-ring (bicyclic) bond motifs is 1. The molecule has 4 rings (SSSR count). The molecule has 3 aromatic rings. The molecular formula is C24H30N2O2. The molecule has 0 atom stereocenters. The monoisotopic (exact) mass is 378 g/mol. The zero-order valence-electron chi connectivity index (χ0n) is 16.5. The van der Waals surface area contributed by atoms with E-state index in [9.17, 15) is 0 Å². The molecule has 1 aliphatic heterocycles. The molecule has 0 amide bonds. The normalized spacial score (nSPS) is 15.2. The Labute approximate surface area is 167 Å². The van der Waals surface area contributed by atoms with E-state index in [1.54, 1.807) is 0 Å². The molecule has 0 bridgehead atoms. The Balaban J connectivity index is 1.52. The van der Waals surface area contributed by atoms with Crippen molar-refractivity contribution in [3.8, 4) is 17.0 Å². The Morgan fingerprint density at radius 3 is 2.71 bits per heavy atom. The molecule has 1 aromatic heterocycles. The average Bonchev–Trinajstić information content (AvgIpc) is 3.18. The summed E-state index contributed by atoms with van der Waals surface area (Å²) < 4.78 is 6.19.